The van der Waals surface area contributed by atoms with Gasteiger partial charge in [-0.15, -0.1) is 11.3 Å². The van der Waals surface area contributed by atoms with Gasteiger partial charge in [-0.05, 0) is 6.07 Å². The van der Waals surface area contributed by atoms with Crippen molar-refractivity contribution in [3.8, 4) is 11.8 Å². The molecule has 7 heteroatoms. The summed E-state index contributed by atoms with van der Waals surface area (Å²) >= 11 is 1.40. The van der Waals surface area contributed by atoms with Gasteiger partial charge in [-0.2, -0.15) is 13.1 Å². The Bertz CT molecular complexity index is 496. The summed E-state index contributed by atoms with van der Waals surface area (Å²) in [5.74, 6) is 5.64. The predicted octanol–water partition coefficient (Wildman–Crippen LogP) is -0.225. The first-order valence-electron chi connectivity index (χ1n) is 4.46. The van der Waals surface area contributed by atoms with Crippen LogP contribution in [0, 0.1) is 11.8 Å². The molecule has 0 radical (unpaired) electrons. The van der Waals surface area contributed by atoms with Crippen molar-refractivity contribution in [1.29, 1.82) is 0 Å². The molecule has 1 rings (SSSR count). The molecule has 16 heavy (non-hydrogen) atoms. The lowest BCUT2D eigenvalue weighted by Gasteiger charge is -1.97. The molecule has 0 saturated carbocycles. The van der Waals surface area contributed by atoms with Gasteiger partial charge in [-0.25, -0.2) is 5.14 Å². The number of hydrogen-bond acceptors (Lipinski definition) is 4. The van der Waals surface area contributed by atoms with Gasteiger partial charge in [0.25, 0.3) is 10.2 Å². The molecule has 0 saturated heterocycles. The minimum atomic E-state index is -3.65. The summed E-state index contributed by atoms with van der Waals surface area (Å²) in [5, 5.41) is 15.2. The third-order valence-corrected chi connectivity index (χ3v) is 3.05. The van der Waals surface area contributed by atoms with Crippen LogP contribution in [0.3, 0.4) is 0 Å². The minimum absolute atomic E-state index is 0.0387. The van der Waals surface area contributed by atoms with Crippen molar-refractivity contribution in [2.45, 2.75) is 13.0 Å². The van der Waals surface area contributed by atoms with Gasteiger partial charge in [-0.1, -0.05) is 11.8 Å². The zero-order chi connectivity index (χ0) is 12.0. The quantitative estimate of drug-likeness (QED) is 0.653. The molecule has 0 fully saturated rings. The van der Waals surface area contributed by atoms with Crippen LogP contribution in [0.5, 0.6) is 0 Å². The maximum absolute atomic E-state index is 10.6. The second-order valence-corrected chi connectivity index (χ2v) is 5.32. The van der Waals surface area contributed by atoms with Crippen LogP contribution in [0.25, 0.3) is 0 Å². The SMILES string of the molecule is NS(=O)(=O)NCc1cc(C#CCCO)cs1. The molecule has 5 nitrogen and oxygen atoms in total. The molecule has 4 N–H and O–H groups in total. The molecule has 1 aromatic heterocycles. The van der Waals surface area contributed by atoms with Crippen molar-refractivity contribution >= 4 is 21.5 Å². The molecule has 1 aromatic rings. The number of nitrogens with two attached hydrogens (primary N) is 1. The summed E-state index contributed by atoms with van der Waals surface area (Å²) < 4.78 is 23.5. The molecule has 0 unspecified atom stereocenters. The van der Waals surface area contributed by atoms with Gasteiger partial charge in [0.2, 0.25) is 0 Å². The number of hydrogen-bond donors (Lipinski definition) is 3. The molecular weight excluding hydrogens is 248 g/mol. The van der Waals surface area contributed by atoms with E-state index in [1.54, 1.807) is 6.07 Å². The fraction of sp³-hybridized carbons (Fsp3) is 0.333. The van der Waals surface area contributed by atoms with E-state index in [2.05, 4.69) is 16.6 Å². The molecule has 88 valence electrons. The summed E-state index contributed by atoms with van der Waals surface area (Å²) in [6.07, 6.45) is 0.431. The van der Waals surface area contributed by atoms with Crippen LogP contribution in [0.4, 0.5) is 0 Å². The first-order valence-corrected chi connectivity index (χ1v) is 6.88. The van der Waals surface area contributed by atoms with E-state index in [1.165, 1.54) is 11.3 Å². The Kier molecular flexibility index (Phi) is 4.92. The molecule has 0 atom stereocenters. The Labute approximate surface area is 98.5 Å². The van der Waals surface area contributed by atoms with Crippen LogP contribution in [-0.4, -0.2) is 20.1 Å². The van der Waals surface area contributed by atoms with Gasteiger partial charge in [0.1, 0.15) is 0 Å². The number of rotatable bonds is 4. The maximum Gasteiger partial charge on any atom is 0.274 e. The van der Waals surface area contributed by atoms with E-state index in [1.807, 2.05) is 5.38 Å². The van der Waals surface area contributed by atoms with Gasteiger partial charge in [0.15, 0.2) is 0 Å². The Balaban J connectivity index is 2.56. The molecular formula is C9H12N2O3S2. The van der Waals surface area contributed by atoms with Crippen LogP contribution < -0.4 is 9.86 Å². The van der Waals surface area contributed by atoms with Crippen molar-refractivity contribution < 1.29 is 13.5 Å². The van der Waals surface area contributed by atoms with Crippen molar-refractivity contribution in [1.82, 2.24) is 4.72 Å². The topological polar surface area (TPSA) is 92.4 Å². The lowest BCUT2D eigenvalue weighted by molar-refractivity contribution is 0.305. The summed E-state index contributed by atoms with van der Waals surface area (Å²) in [4.78, 5) is 0.835. The van der Waals surface area contributed by atoms with Crippen molar-refractivity contribution in [2.24, 2.45) is 5.14 Å². The van der Waals surface area contributed by atoms with E-state index < -0.39 is 10.2 Å². The van der Waals surface area contributed by atoms with Crippen LogP contribution in [0.15, 0.2) is 11.4 Å². The van der Waals surface area contributed by atoms with E-state index in [0.717, 1.165) is 10.4 Å². The van der Waals surface area contributed by atoms with Crippen LogP contribution in [0.1, 0.15) is 16.9 Å². The van der Waals surface area contributed by atoms with Crippen molar-refractivity contribution in [3.63, 3.8) is 0 Å². The van der Waals surface area contributed by atoms with E-state index in [0.29, 0.717) is 6.42 Å². The molecule has 0 spiro atoms. The number of aliphatic hydroxyl groups is 1. The lowest BCUT2D eigenvalue weighted by atomic mass is 10.3. The summed E-state index contributed by atoms with van der Waals surface area (Å²) in [6, 6.07) is 1.78. The summed E-state index contributed by atoms with van der Waals surface area (Å²) in [7, 11) is -3.65. The zero-order valence-electron chi connectivity index (χ0n) is 8.43. The van der Waals surface area contributed by atoms with Crippen LogP contribution in [-0.2, 0) is 16.8 Å². The normalized spacial score (nSPS) is 10.9. The molecule has 0 aliphatic rings. The summed E-state index contributed by atoms with van der Waals surface area (Å²) in [6.45, 7) is 0.210. The predicted molar refractivity (Wildman–Crippen MR) is 62.8 cm³/mol. The first kappa shape index (κ1) is 13.2. The van der Waals surface area contributed by atoms with Crippen LogP contribution >= 0.6 is 11.3 Å². The second kappa shape index (κ2) is 5.98. The molecule has 0 bridgehead atoms. The van der Waals surface area contributed by atoms with E-state index in [9.17, 15) is 8.42 Å². The monoisotopic (exact) mass is 260 g/mol. The molecule has 0 aromatic carbocycles. The van der Waals surface area contributed by atoms with Crippen molar-refractivity contribution in [3.05, 3.63) is 21.9 Å². The molecule has 0 amide bonds. The number of aliphatic hydroxyl groups excluding tert-OH is 1. The molecule has 0 aliphatic heterocycles. The highest BCUT2D eigenvalue weighted by atomic mass is 32.2. The Hall–Kier alpha value is -0.910. The average molecular weight is 260 g/mol. The Morgan fingerprint density at radius 1 is 1.56 bits per heavy atom. The molecule has 0 aliphatic carbocycles. The van der Waals surface area contributed by atoms with Gasteiger partial charge in [0.05, 0.1) is 6.61 Å². The van der Waals surface area contributed by atoms with Gasteiger partial charge in [0, 0.05) is 28.8 Å². The third kappa shape index (κ3) is 5.25. The highest BCUT2D eigenvalue weighted by molar-refractivity contribution is 7.87. The van der Waals surface area contributed by atoms with Gasteiger partial charge >= 0.3 is 0 Å². The summed E-state index contributed by atoms with van der Waals surface area (Å²) in [5.41, 5.74) is 0.810. The zero-order valence-corrected chi connectivity index (χ0v) is 10.1. The standard InChI is InChI=1S/C9H12N2O3S2/c10-16(13,14)11-6-9-5-8(7-15-9)3-1-2-4-12/h5,7,11-12H,2,4,6H2,(H2,10,13,14). The van der Waals surface area contributed by atoms with E-state index >= 15 is 0 Å². The third-order valence-electron chi connectivity index (χ3n) is 1.57. The lowest BCUT2D eigenvalue weighted by Crippen LogP contribution is -2.29. The van der Waals surface area contributed by atoms with Crippen LogP contribution in [0.2, 0.25) is 0 Å². The Morgan fingerprint density at radius 2 is 2.31 bits per heavy atom. The minimum Gasteiger partial charge on any atom is -0.395 e. The van der Waals surface area contributed by atoms with Gasteiger partial charge < -0.3 is 5.11 Å². The molecule has 1 heterocycles. The maximum atomic E-state index is 10.6. The van der Waals surface area contributed by atoms with E-state index in [-0.39, 0.29) is 13.2 Å². The highest BCUT2D eigenvalue weighted by Gasteiger charge is 2.03. The smallest absolute Gasteiger partial charge is 0.274 e. The van der Waals surface area contributed by atoms with Crippen molar-refractivity contribution in [2.75, 3.05) is 6.61 Å². The average Bonchev–Trinajstić information content (AvgIpc) is 2.62. The fourth-order valence-corrected chi connectivity index (χ4v) is 2.13. The highest BCUT2D eigenvalue weighted by Crippen LogP contribution is 2.13. The van der Waals surface area contributed by atoms with E-state index in [4.69, 9.17) is 10.2 Å². The second-order valence-electron chi connectivity index (χ2n) is 2.94. The number of nitrogens with one attached hydrogen (secondary N) is 1. The number of thiophene rings is 1. The first-order chi connectivity index (χ1) is 7.51. The largest absolute Gasteiger partial charge is 0.395 e. The fourth-order valence-electron chi connectivity index (χ4n) is 0.931. The van der Waals surface area contributed by atoms with Gasteiger partial charge in [-0.3, -0.25) is 0 Å². The Morgan fingerprint density at radius 3 is 2.94 bits per heavy atom.